The standard InChI is InChI=1S/C28H26FN7O/c1-16-8-13-32-22-7-4-18(14-21(16)22)25-24(17-2-5-19(29)6-3-17)35-26(30)27-34-23(15-36(25)27)28(37)33-20-9-11-31-12-10-20/h2-8,13-15,20,31H,9-12H2,1H3,(H2,30,35)(H,33,37). The van der Waals surface area contributed by atoms with Gasteiger partial charge in [0.1, 0.15) is 11.5 Å². The average Bonchev–Trinajstić information content (AvgIpc) is 3.36. The molecule has 4 heterocycles. The number of hydrogen-bond acceptors (Lipinski definition) is 6. The van der Waals surface area contributed by atoms with Crippen LogP contribution in [0.4, 0.5) is 10.2 Å². The first-order valence-corrected chi connectivity index (χ1v) is 12.3. The largest absolute Gasteiger partial charge is 0.381 e. The molecule has 0 atom stereocenters. The van der Waals surface area contributed by atoms with E-state index in [1.54, 1.807) is 24.5 Å². The van der Waals surface area contributed by atoms with Gasteiger partial charge in [0.2, 0.25) is 0 Å². The van der Waals surface area contributed by atoms with Crippen molar-refractivity contribution >= 4 is 28.3 Å². The number of fused-ring (bicyclic) bond motifs is 2. The molecule has 0 bridgehead atoms. The Balaban J connectivity index is 1.55. The monoisotopic (exact) mass is 495 g/mol. The maximum absolute atomic E-state index is 13.7. The molecule has 5 aromatic rings. The van der Waals surface area contributed by atoms with E-state index in [2.05, 4.69) is 25.6 Å². The molecular weight excluding hydrogens is 469 g/mol. The zero-order valence-electron chi connectivity index (χ0n) is 20.3. The first-order chi connectivity index (χ1) is 18.0. The number of nitrogens with two attached hydrogens (primary N) is 1. The number of carbonyl (C=O) groups is 1. The van der Waals surface area contributed by atoms with Gasteiger partial charge in [-0.15, -0.1) is 0 Å². The van der Waals surface area contributed by atoms with Gasteiger partial charge in [0.25, 0.3) is 5.91 Å². The molecule has 1 fully saturated rings. The minimum Gasteiger partial charge on any atom is -0.381 e. The van der Waals surface area contributed by atoms with Crippen LogP contribution in [-0.4, -0.2) is 44.4 Å². The Bertz CT molecular complexity index is 1640. The summed E-state index contributed by atoms with van der Waals surface area (Å²) in [6.07, 6.45) is 5.22. The predicted molar refractivity (Wildman–Crippen MR) is 142 cm³/mol. The first-order valence-electron chi connectivity index (χ1n) is 12.3. The number of nitrogens with zero attached hydrogens (tertiary/aromatic N) is 4. The molecule has 4 N–H and O–H groups in total. The van der Waals surface area contributed by atoms with Crippen molar-refractivity contribution in [3.8, 4) is 22.5 Å². The third kappa shape index (κ3) is 4.27. The third-order valence-electron chi connectivity index (χ3n) is 6.89. The second-order valence-corrected chi connectivity index (χ2v) is 9.38. The first kappa shape index (κ1) is 23.1. The molecule has 0 spiro atoms. The molecule has 1 amide bonds. The zero-order chi connectivity index (χ0) is 25.5. The van der Waals surface area contributed by atoms with Gasteiger partial charge in [-0.25, -0.2) is 14.4 Å². The van der Waals surface area contributed by atoms with Crippen LogP contribution in [0.3, 0.4) is 0 Å². The van der Waals surface area contributed by atoms with E-state index >= 15 is 0 Å². The van der Waals surface area contributed by atoms with Crippen LogP contribution < -0.4 is 16.4 Å². The molecule has 1 aliphatic heterocycles. The molecule has 6 rings (SSSR count). The van der Waals surface area contributed by atoms with Crippen molar-refractivity contribution in [2.75, 3.05) is 18.8 Å². The average molecular weight is 496 g/mol. The van der Waals surface area contributed by atoms with Gasteiger partial charge in [0.05, 0.1) is 16.9 Å². The van der Waals surface area contributed by atoms with E-state index < -0.39 is 0 Å². The quantitative estimate of drug-likeness (QED) is 0.346. The van der Waals surface area contributed by atoms with E-state index in [1.807, 2.05) is 35.6 Å². The molecule has 0 aliphatic carbocycles. The van der Waals surface area contributed by atoms with Crippen LogP contribution in [0.5, 0.6) is 0 Å². The number of halogens is 1. The van der Waals surface area contributed by atoms with Gasteiger partial charge >= 0.3 is 0 Å². The molecule has 0 radical (unpaired) electrons. The summed E-state index contributed by atoms with van der Waals surface area (Å²) < 4.78 is 15.6. The van der Waals surface area contributed by atoms with E-state index in [9.17, 15) is 9.18 Å². The molecule has 0 saturated carbocycles. The van der Waals surface area contributed by atoms with E-state index in [0.717, 1.165) is 48.0 Å². The van der Waals surface area contributed by atoms with E-state index in [-0.39, 0.29) is 29.3 Å². The summed E-state index contributed by atoms with van der Waals surface area (Å²) in [5.41, 5.74) is 11.8. The predicted octanol–water partition coefficient (Wildman–Crippen LogP) is 4.12. The van der Waals surface area contributed by atoms with E-state index in [4.69, 9.17) is 5.73 Å². The number of amides is 1. The van der Waals surface area contributed by atoms with Crippen LogP contribution in [0.1, 0.15) is 28.9 Å². The van der Waals surface area contributed by atoms with Crippen LogP contribution in [-0.2, 0) is 0 Å². The Morgan fingerprint density at radius 3 is 2.62 bits per heavy atom. The van der Waals surface area contributed by atoms with Gasteiger partial charge in [-0.3, -0.25) is 14.2 Å². The fraction of sp³-hybridized carbons (Fsp3) is 0.214. The molecule has 0 unspecified atom stereocenters. The van der Waals surface area contributed by atoms with Crippen molar-refractivity contribution in [3.63, 3.8) is 0 Å². The Hall–Kier alpha value is -4.37. The minimum atomic E-state index is -0.341. The highest BCUT2D eigenvalue weighted by atomic mass is 19.1. The minimum absolute atomic E-state index is 0.0965. The number of aryl methyl sites for hydroxylation is 1. The number of nitrogen functional groups attached to an aromatic ring is 1. The molecule has 8 nitrogen and oxygen atoms in total. The number of imidazole rings is 1. The molecule has 186 valence electrons. The number of pyridine rings is 1. The lowest BCUT2D eigenvalue weighted by molar-refractivity contribution is 0.0925. The van der Waals surface area contributed by atoms with Crippen molar-refractivity contribution in [2.24, 2.45) is 0 Å². The van der Waals surface area contributed by atoms with Crippen LogP contribution in [0, 0.1) is 12.7 Å². The topological polar surface area (TPSA) is 110 Å². The van der Waals surface area contributed by atoms with Crippen LogP contribution in [0.2, 0.25) is 0 Å². The molecule has 2 aromatic carbocycles. The molecule has 37 heavy (non-hydrogen) atoms. The van der Waals surface area contributed by atoms with Gasteiger partial charge in [-0.2, -0.15) is 0 Å². The van der Waals surface area contributed by atoms with Crippen molar-refractivity contribution in [1.29, 1.82) is 0 Å². The van der Waals surface area contributed by atoms with Gasteiger partial charge in [0, 0.05) is 34.9 Å². The number of aromatic nitrogens is 4. The number of piperidine rings is 1. The number of anilines is 1. The molecule has 1 saturated heterocycles. The zero-order valence-corrected chi connectivity index (χ0v) is 20.3. The van der Waals surface area contributed by atoms with Gasteiger partial charge in [0.15, 0.2) is 11.5 Å². The Kier molecular flexibility index (Phi) is 5.77. The Labute approximate surface area is 212 Å². The van der Waals surface area contributed by atoms with Crippen LogP contribution in [0.25, 0.3) is 39.1 Å². The maximum atomic E-state index is 13.7. The highest BCUT2D eigenvalue weighted by Crippen LogP contribution is 2.35. The normalized spacial score (nSPS) is 14.3. The number of benzene rings is 2. The Morgan fingerprint density at radius 2 is 1.84 bits per heavy atom. The smallest absolute Gasteiger partial charge is 0.271 e. The number of hydrogen-bond donors (Lipinski definition) is 3. The lowest BCUT2D eigenvalue weighted by Crippen LogP contribution is -2.42. The van der Waals surface area contributed by atoms with Crippen LogP contribution >= 0.6 is 0 Å². The van der Waals surface area contributed by atoms with Crippen molar-refractivity contribution in [3.05, 3.63) is 78.0 Å². The maximum Gasteiger partial charge on any atom is 0.271 e. The lowest BCUT2D eigenvalue weighted by Gasteiger charge is -2.23. The van der Waals surface area contributed by atoms with Crippen molar-refractivity contribution in [2.45, 2.75) is 25.8 Å². The van der Waals surface area contributed by atoms with Gasteiger partial charge < -0.3 is 16.4 Å². The summed E-state index contributed by atoms with van der Waals surface area (Å²) in [5.74, 6) is -0.406. The van der Waals surface area contributed by atoms with Gasteiger partial charge in [-0.05, 0) is 80.9 Å². The number of carbonyl (C=O) groups excluding carboxylic acids is 1. The second kappa shape index (κ2) is 9.25. The highest BCUT2D eigenvalue weighted by molar-refractivity contribution is 5.95. The summed E-state index contributed by atoms with van der Waals surface area (Å²) in [5, 5.41) is 7.39. The molecule has 1 aliphatic rings. The Morgan fingerprint density at radius 1 is 1.08 bits per heavy atom. The molecule has 9 heteroatoms. The number of rotatable bonds is 4. The number of nitrogens with one attached hydrogen (secondary N) is 2. The third-order valence-corrected chi connectivity index (χ3v) is 6.89. The summed E-state index contributed by atoms with van der Waals surface area (Å²) in [7, 11) is 0. The van der Waals surface area contributed by atoms with E-state index in [1.165, 1.54) is 12.1 Å². The fourth-order valence-electron chi connectivity index (χ4n) is 4.92. The van der Waals surface area contributed by atoms with Crippen molar-refractivity contribution < 1.29 is 9.18 Å². The summed E-state index contributed by atoms with van der Waals surface area (Å²) in [4.78, 5) is 26.9. The second-order valence-electron chi connectivity index (χ2n) is 9.38. The molecule has 3 aromatic heterocycles. The fourth-order valence-corrected chi connectivity index (χ4v) is 4.92. The molecular formula is C28H26FN7O. The highest BCUT2D eigenvalue weighted by Gasteiger charge is 2.23. The lowest BCUT2D eigenvalue weighted by atomic mass is 10.0. The van der Waals surface area contributed by atoms with Crippen LogP contribution in [0.15, 0.2) is 60.9 Å². The summed E-state index contributed by atoms with van der Waals surface area (Å²) in [6, 6.07) is 14.1. The van der Waals surface area contributed by atoms with Gasteiger partial charge in [-0.1, -0.05) is 6.07 Å². The van der Waals surface area contributed by atoms with E-state index in [0.29, 0.717) is 22.6 Å². The SMILES string of the molecule is Cc1ccnc2ccc(-c3c(-c4ccc(F)cc4)nc(N)c4nc(C(=O)NC5CCNCC5)cn34)cc12. The summed E-state index contributed by atoms with van der Waals surface area (Å²) >= 11 is 0. The van der Waals surface area contributed by atoms with Crippen molar-refractivity contribution in [1.82, 2.24) is 30.0 Å². The summed E-state index contributed by atoms with van der Waals surface area (Å²) in [6.45, 7) is 3.77.